The van der Waals surface area contributed by atoms with Gasteiger partial charge in [0.25, 0.3) is 0 Å². The predicted octanol–water partition coefficient (Wildman–Crippen LogP) is 2.12. The van der Waals surface area contributed by atoms with Crippen LogP contribution < -0.4 is 5.32 Å². The predicted molar refractivity (Wildman–Crippen MR) is 87.1 cm³/mol. The number of aromatic nitrogens is 1. The molecule has 3 rings (SSSR count). The molecule has 0 radical (unpaired) electrons. The van der Waals surface area contributed by atoms with Crippen LogP contribution in [-0.2, 0) is 17.8 Å². The van der Waals surface area contributed by atoms with Gasteiger partial charge in [-0.1, -0.05) is 6.92 Å². The Morgan fingerprint density at radius 2 is 2.27 bits per heavy atom. The maximum atomic E-state index is 11.0. The van der Waals surface area contributed by atoms with Crippen molar-refractivity contribution in [2.45, 2.75) is 57.7 Å². The molecule has 1 heterocycles. The Hall–Kier alpha value is -0.980. The van der Waals surface area contributed by atoms with Gasteiger partial charge < -0.3 is 10.4 Å². The Labute approximate surface area is 135 Å². The summed E-state index contributed by atoms with van der Waals surface area (Å²) in [7, 11) is 0. The summed E-state index contributed by atoms with van der Waals surface area (Å²) in [5.41, 5.74) is 1.13. The molecule has 1 aromatic rings. The number of carbonyl (C=O) groups is 1. The first-order valence-electron chi connectivity index (χ1n) is 8.26. The fourth-order valence-electron chi connectivity index (χ4n) is 3.04. The summed E-state index contributed by atoms with van der Waals surface area (Å²) >= 11 is 1.73. The molecule has 0 aliphatic heterocycles. The second kappa shape index (κ2) is 7.06. The fourth-order valence-corrected chi connectivity index (χ4v) is 3.79. The van der Waals surface area contributed by atoms with Crippen LogP contribution in [0.25, 0.3) is 0 Å². The van der Waals surface area contributed by atoms with Gasteiger partial charge in [-0.2, -0.15) is 0 Å². The van der Waals surface area contributed by atoms with Crippen molar-refractivity contribution < 1.29 is 9.90 Å². The summed E-state index contributed by atoms with van der Waals surface area (Å²) < 4.78 is 0. The van der Waals surface area contributed by atoms with E-state index in [1.807, 2.05) is 0 Å². The quantitative estimate of drug-likeness (QED) is 0.729. The molecule has 1 aromatic heterocycles. The second-order valence-electron chi connectivity index (χ2n) is 6.56. The van der Waals surface area contributed by atoms with Gasteiger partial charge >= 0.3 is 5.97 Å². The lowest BCUT2D eigenvalue weighted by Gasteiger charge is -2.43. The molecule has 6 heteroatoms. The molecule has 0 unspecified atom stereocenters. The summed E-state index contributed by atoms with van der Waals surface area (Å²) in [6.45, 7) is 4.12. The van der Waals surface area contributed by atoms with E-state index in [9.17, 15) is 4.79 Å². The van der Waals surface area contributed by atoms with Crippen molar-refractivity contribution in [3.8, 4) is 0 Å². The van der Waals surface area contributed by atoms with Crippen molar-refractivity contribution in [3.63, 3.8) is 0 Å². The van der Waals surface area contributed by atoms with Crippen LogP contribution in [0.1, 0.15) is 43.3 Å². The number of aliphatic carboxylic acids is 1. The first kappa shape index (κ1) is 15.9. The normalized spacial score (nSPS) is 24.5. The van der Waals surface area contributed by atoms with Gasteiger partial charge in [0.05, 0.1) is 17.2 Å². The molecule has 2 N–H and O–H groups in total. The number of carboxylic acids is 1. The molecule has 0 bridgehead atoms. The minimum Gasteiger partial charge on any atom is -0.480 e. The molecule has 2 saturated carbocycles. The molecular formula is C16H25N3O2S. The number of hydrogen-bond donors (Lipinski definition) is 2. The summed E-state index contributed by atoms with van der Waals surface area (Å²) in [5, 5.41) is 15.9. The number of aryl methyl sites for hydroxylation is 1. The molecule has 0 amide bonds. The number of hydrogen-bond acceptors (Lipinski definition) is 5. The largest absolute Gasteiger partial charge is 0.480 e. The maximum Gasteiger partial charge on any atom is 0.317 e. The first-order valence-corrected chi connectivity index (χ1v) is 9.14. The van der Waals surface area contributed by atoms with Crippen LogP contribution in [0, 0.1) is 5.92 Å². The zero-order valence-corrected chi connectivity index (χ0v) is 13.9. The molecule has 0 spiro atoms. The van der Waals surface area contributed by atoms with Crippen molar-refractivity contribution in [2.24, 2.45) is 5.92 Å². The summed E-state index contributed by atoms with van der Waals surface area (Å²) in [6, 6.07) is 0.947. The van der Waals surface area contributed by atoms with Crippen molar-refractivity contribution >= 4 is 17.3 Å². The van der Waals surface area contributed by atoms with E-state index in [1.54, 1.807) is 11.3 Å². The third kappa shape index (κ3) is 4.27. The number of nitrogens with zero attached hydrogens (tertiary/aromatic N) is 2. The SMILES string of the molecule is CCc1nc(CNC2CC(N(CC(=O)O)CC3CC3)C2)cs1. The number of thiazole rings is 1. The lowest BCUT2D eigenvalue weighted by Crippen LogP contribution is -2.54. The van der Waals surface area contributed by atoms with Crippen LogP contribution in [0.15, 0.2) is 5.38 Å². The van der Waals surface area contributed by atoms with E-state index in [-0.39, 0.29) is 6.54 Å². The standard InChI is InChI=1S/C16H25N3O2S/c1-2-15-18-13(10-22-15)7-17-12-5-14(6-12)19(9-16(20)21)8-11-3-4-11/h10-12,14,17H,2-9H2,1H3,(H,20,21). The zero-order chi connectivity index (χ0) is 15.5. The lowest BCUT2D eigenvalue weighted by atomic mass is 9.85. The van der Waals surface area contributed by atoms with Gasteiger partial charge in [0, 0.05) is 30.6 Å². The molecule has 0 atom stereocenters. The van der Waals surface area contributed by atoms with E-state index >= 15 is 0 Å². The highest BCUT2D eigenvalue weighted by Crippen LogP contribution is 2.33. The third-order valence-corrected chi connectivity index (χ3v) is 5.67. The number of rotatable bonds is 9. The highest BCUT2D eigenvalue weighted by atomic mass is 32.1. The van der Waals surface area contributed by atoms with E-state index in [1.165, 1.54) is 17.8 Å². The Morgan fingerprint density at radius 1 is 1.50 bits per heavy atom. The third-order valence-electron chi connectivity index (χ3n) is 4.63. The molecule has 22 heavy (non-hydrogen) atoms. The Morgan fingerprint density at radius 3 is 2.86 bits per heavy atom. The Balaban J connectivity index is 1.40. The van der Waals surface area contributed by atoms with E-state index in [2.05, 4.69) is 27.5 Å². The second-order valence-corrected chi connectivity index (χ2v) is 7.50. The monoisotopic (exact) mass is 323 g/mol. The van der Waals surface area contributed by atoms with E-state index in [0.29, 0.717) is 12.1 Å². The maximum absolute atomic E-state index is 11.0. The van der Waals surface area contributed by atoms with Gasteiger partial charge in [-0.3, -0.25) is 9.69 Å². The van der Waals surface area contributed by atoms with Crippen LogP contribution in [-0.4, -0.2) is 46.1 Å². The van der Waals surface area contributed by atoms with Crippen LogP contribution in [0.5, 0.6) is 0 Å². The van der Waals surface area contributed by atoms with Crippen LogP contribution in [0.4, 0.5) is 0 Å². The molecule has 2 fully saturated rings. The van der Waals surface area contributed by atoms with Crippen LogP contribution in [0.3, 0.4) is 0 Å². The van der Waals surface area contributed by atoms with Crippen LogP contribution in [0.2, 0.25) is 0 Å². The van der Waals surface area contributed by atoms with Gasteiger partial charge in [-0.05, 0) is 38.0 Å². The average molecular weight is 323 g/mol. The highest BCUT2D eigenvalue weighted by molar-refractivity contribution is 7.09. The first-order chi connectivity index (χ1) is 10.6. The van der Waals surface area contributed by atoms with Crippen molar-refractivity contribution in [2.75, 3.05) is 13.1 Å². The molecular weight excluding hydrogens is 298 g/mol. The summed E-state index contributed by atoms with van der Waals surface area (Å²) in [4.78, 5) is 17.8. The molecule has 2 aliphatic rings. The van der Waals surface area contributed by atoms with Gasteiger partial charge in [-0.15, -0.1) is 11.3 Å². The van der Waals surface area contributed by atoms with Crippen LogP contribution >= 0.6 is 11.3 Å². The molecule has 0 aromatic carbocycles. The van der Waals surface area contributed by atoms with Crippen molar-refractivity contribution in [3.05, 3.63) is 16.1 Å². The highest BCUT2D eigenvalue weighted by Gasteiger charge is 2.36. The van der Waals surface area contributed by atoms with E-state index < -0.39 is 5.97 Å². The van der Waals surface area contributed by atoms with Gasteiger partial charge in [0.1, 0.15) is 0 Å². The zero-order valence-electron chi connectivity index (χ0n) is 13.1. The van der Waals surface area contributed by atoms with Crippen molar-refractivity contribution in [1.82, 2.24) is 15.2 Å². The van der Waals surface area contributed by atoms with Gasteiger partial charge in [0.2, 0.25) is 0 Å². The molecule has 5 nitrogen and oxygen atoms in total. The van der Waals surface area contributed by atoms with Gasteiger partial charge in [0.15, 0.2) is 0 Å². The van der Waals surface area contributed by atoms with E-state index in [0.717, 1.165) is 44.0 Å². The van der Waals surface area contributed by atoms with Crippen molar-refractivity contribution in [1.29, 1.82) is 0 Å². The fraction of sp³-hybridized carbons (Fsp3) is 0.750. The average Bonchev–Trinajstić information content (AvgIpc) is 3.12. The summed E-state index contributed by atoms with van der Waals surface area (Å²) in [6.07, 6.45) is 5.67. The topological polar surface area (TPSA) is 65.5 Å². The minimum absolute atomic E-state index is 0.194. The lowest BCUT2D eigenvalue weighted by molar-refractivity contribution is -0.139. The molecule has 122 valence electrons. The molecule has 0 saturated heterocycles. The Kier molecular flexibility index (Phi) is 5.10. The van der Waals surface area contributed by atoms with E-state index in [4.69, 9.17) is 5.11 Å². The smallest absolute Gasteiger partial charge is 0.317 e. The van der Waals surface area contributed by atoms with Gasteiger partial charge in [-0.25, -0.2) is 4.98 Å². The minimum atomic E-state index is -0.702. The number of nitrogens with one attached hydrogen (secondary N) is 1. The Bertz CT molecular complexity index is 509. The molecule has 2 aliphatic carbocycles. The number of carboxylic acid groups (broad SMARTS) is 1. The summed E-state index contributed by atoms with van der Waals surface area (Å²) in [5.74, 6) is 0.0421.